The Morgan fingerprint density at radius 2 is 2.05 bits per heavy atom. The molecule has 0 saturated carbocycles. The van der Waals surface area contributed by atoms with Crippen LogP contribution in [0.4, 0.5) is 5.82 Å². The third-order valence-corrected chi connectivity index (χ3v) is 3.24. The molecule has 0 spiro atoms. The van der Waals surface area contributed by atoms with Crippen molar-refractivity contribution in [3.63, 3.8) is 0 Å². The number of nitrogens with one attached hydrogen (secondary N) is 1. The lowest BCUT2D eigenvalue weighted by atomic mass is 9.92. The van der Waals surface area contributed by atoms with Crippen LogP contribution in [-0.2, 0) is 4.74 Å². The van der Waals surface area contributed by atoms with Gasteiger partial charge in [-0.15, -0.1) is 0 Å². The fourth-order valence-electron chi connectivity index (χ4n) is 2.49. The number of hydrogen-bond donors (Lipinski definition) is 2. The number of carbonyl (C=O) groups is 1. The second kappa shape index (κ2) is 5.97. The standard InChI is InChI=1S/C13H19N3O3/c1-8-3-10(4-9(2)19-8)5-15-12-7-14-11(6-16-12)13(17)18/h6-10H,3-5H2,1-2H3,(H,15,16)(H,17,18). The summed E-state index contributed by atoms with van der Waals surface area (Å²) in [5, 5.41) is 11.9. The molecule has 0 aromatic carbocycles. The quantitative estimate of drug-likeness (QED) is 0.863. The number of aromatic carboxylic acids is 1. The summed E-state index contributed by atoms with van der Waals surface area (Å²) in [6, 6.07) is 0. The summed E-state index contributed by atoms with van der Waals surface area (Å²) in [5.74, 6) is 0.0858. The van der Waals surface area contributed by atoms with E-state index in [4.69, 9.17) is 9.84 Å². The maximum atomic E-state index is 10.7. The maximum absolute atomic E-state index is 10.7. The number of hydrogen-bond acceptors (Lipinski definition) is 5. The molecule has 1 saturated heterocycles. The van der Waals surface area contributed by atoms with Gasteiger partial charge in [0, 0.05) is 6.54 Å². The third-order valence-electron chi connectivity index (χ3n) is 3.24. The van der Waals surface area contributed by atoms with Crippen molar-refractivity contribution in [3.05, 3.63) is 18.1 Å². The van der Waals surface area contributed by atoms with Gasteiger partial charge in [-0.3, -0.25) is 0 Å². The largest absolute Gasteiger partial charge is 0.476 e. The lowest BCUT2D eigenvalue weighted by Crippen LogP contribution is -2.32. The molecular formula is C13H19N3O3. The van der Waals surface area contributed by atoms with E-state index in [-0.39, 0.29) is 17.9 Å². The molecular weight excluding hydrogens is 246 g/mol. The molecule has 0 amide bonds. The average molecular weight is 265 g/mol. The van der Waals surface area contributed by atoms with Gasteiger partial charge in [-0.2, -0.15) is 0 Å². The van der Waals surface area contributed by atoms with Crippen molar-refractivity contribution >= 4 is 11.8 Å². The molecule has 1 aromatic heterocycles. The highest BCUT2D eigenvalue weighted by Gasteiger charge is 2.24. The van der Waals surface area contributed by atoms with E-state index in [0.29, 0.717) is 11.7 Å². The number of carboxylic acids is 1. The average Bonchev–Trinajstić information content (AvgIpc) is 2.36. The van der Waals surface area contributed by atoms with Crippen LogP contribution in [-0.4, -0.2) is 39.8 Å². The van der Waals surface area contributed by atoms with Gasteiger partial charge in [-0.05, 0) is 32.6 Å². The predicted octanol–water partition coefficient (Wildman–Crippen LogP) is 1.79. The molecule has 2 N–H and O–H groups in total. The summed E-state index contributed by atoms with van der Waals surface area (Å²) >= 11 is 0. The van der Waals surface area contributed by atoms with Crippen LogP contribution in [0.3, 0.4) is 0 Å². The van der Waals surface area contributed by atoms with Crippen LogP contribution >= 0.6 is 0 Å². The SMILES string of the molecule is CC1CC(CNc2cnc(C(=O)O)cn2)CC(C)O1. The van der Waals surface area contributed by atoms with E-state index in [1.807, 2.05) is 0 Å². The third kappa shape index (κ3) is 3.89. The number of rotatable bonds is 4. The zero-order valence-electron chi connectivity index (χ0n) is 11.2. The van der Waals surface area contributed by atoms with Gasteiger partial charge in [-0.1, -0.05) is 0 Å². The summed E-state index contributed by atoms with van der Waals surface area (Å²) < 4.78 is 5.69. The van der Waals surface area contributed by atoms with Crippen LogP contribution in [0.5, 0.6) is 0 Å². The van der Waals surface area contributed by atoms with E-state index >= 15 is 0 Å². The van der Waals surface area contributed by atoms with Gasteiger partial charge < -0.3 is 15.2 Å². The first-order chi connectivity index (χ1) is 9.04. The van der Waals surface area contributed by atoms with Crippen molar-refractivity contribution in [2.45, 2.75) is 38.9 Å². The van der Waals surface area contributed by atoms with E-state index in [1.165, 1.54) is 12.4 Å². The molecule has 1 fully saturated rings. The zero-order valence-corrected chi connectivity index (χ0v) is 11.2. The van der Waals surface area contributed by atoms with Crippen LogP contribution in [0.1, 0.15) is 37.2 Å². The Kier molecular flexibility index (Phi) is 4.31. The van der Waals surface area contributed by atoms with E-state index in [1.54, 1.807) is 0 Å². The molecule has 1 aliphatic rings. The van der Waals surface area contributed by atoms with Crippen molar-refractivity contribution in [1.29, 1.82) is 0 Å². The Morgan fingerprint density at radius 3 is 2.58 bits per heavy atom. The Hall–Kier alpha value is -1.69. The Labute approximate surface area is 112 Å². The van der Waals surface area contributed by atoms with E-state index in [9.17, 15) is 4.79 Å². The smallest absolute Gasteiger partial charge is 0.356 e. The minimum atomic E-state index is -1.06. The lowest BCUT2D eigenvalue weighted by molar-refractivity contribution is -0.0495. The highest BCUT2D eigenvalue weighted by molar-refractivity contribution is 5.84. The Balaban J connectivity index is 1.86. The van der Waals surface area contributed by atoms with Crippen LogP contribution in [0.2, 0.25) is 0 Å². The van der Waals surface area contributed by atoms with Crippen molar-refractivity contribution in [1.82, 2.24) is 9.97 Å². The van der Waals surface area contributed by atoms with Crippen LogP contribution in [0, 0.1) is 5.92 Å². The molecule has 6 heteroatoms. The van der Waals surface area contributed by atoms with Crippen molar-refractivity contribution in [2.24, 2.45) is 5.92 Å². The van der Waals surface area contributed by atoms with Crippen LogP contribution in [0.25, 0.3) is 0 Å². The van der Waals surface area contributed by atoms with E-state index < -0.39 is 5.97 Å². The monoisotopic (exact) mass is 265 g/mol. The molecule has 6 nitrogen and oxygen atoms in total. The Morgan fingerprint density at radius 1 is 1.37 bits per heavy atom. The fourth-order valence-corrected chi connectivity index (χ4v) is 2.49. The second-order valence-corrected chi connectivity index (χ2v) is 5.07. The van der Waals surface area contributed by atoms with Crippen molar-refractivity contribution in [2.75, 3.05) is 11.9 Å². The fraction of sp³-hybridized carbons (Fsp3) is 0.615. The zero-order chi connectivity index (χ0) is 13.8. The second-order valence-electron chi connectivity index (χ2n) is 5.07. The highest BCUT2D eigenvalue weighted by atomic mass is 16.5. The first kappa shape index (κ1) is 13.7. The number of nitrogens with zero attached hydrogens (tertiary/aromatic N) is 2. The first-order valence-electron chi connectivity index (χ1n) is 6.49. The topological polar surface area (TPSA) is 84.3 Å². The Bertz CT molecular complexity index is 425. The van der Waals surface area contributed by atoms with E-state index in [2.05, 4.69) is 29.1 Å². The van der Waals surface area contributed by atoms with E-state index in [0.717, 1.165) is 19.4 Å². The summed E-state index contributed by atoms with van der Waals surface area (Å²) in [4.78, 5) is 18.5. The molecule has 1 aromatic rings. The predicted molar refractivity (Wildman–Crippen MR) is 70.2 cm³/mol. The first-order valence-corrected chi connectivity index (χ1v) is 6.49. The normalized spacial score (nSPS) is 26.9. The van der Waals surface area contributed by atoms with Crippen molar-refractivity contribution in [3.8, 4) is 0 Å². The molecule has 19 heavy (non-hydrogen) atoms. The molecule has 104 valence electrons. The molecule has 0 bridgehead atoms. The van der Waals surface area contributed by atoms with Gasteiger partial charge in [0.2, 0.25) is 0 Å². The van der Waals surface area contributed by atoms with Crippen LogP contribution < -0.4 is 5.32 Å². The summed E-state index contributed by atoms with van der Waals surface area (Å²) in [6.07, 6.45) is 5.35. The summed E-state index contributed by atoms with van der Waals surface area (Å²) in [7, 11) is 0. The molecule has 0 radical (unpaired) electrons. The lowest BCUT2D eigenvalue weighted by Gasteiger charge is -2.32. The molecule has 2 heterocycles. The van der Waals surface area contributed by atoms with Gasteiger partial charge in [0.05, 0.1) is 24.6 Å². The van der Waals surface area contributed by atoms with Gasteiger partial charge in [-0.25, -0.2) is 14.8 Å². The van der Waals surface area contributed by atoms with Gasteiger partial charge in [0.15, 0.2) is 5.69 Å². The molecule has 2 unspecified atom stereocenters. The minimum Gasteiger partial charge on any atom is -0.476 e. The van der Waals surface area contributed by atoms with Gasteiger partial charge in [0.1, 0.15) is 5.82 Å². The molecule has 1 aliphatic heterocycles. The molecule has 2 atom stereocenters. The minimum absolute atomic E-state index is 0.0427. The summed E-state index contributed by atoms with van der Waals surface area (Å²) in [5.41, 5.74) is -0.0427. The van der Waals surface area contributed by atoms with Gasteiger partial charge in [0.25, 0.3) is 0 Å². The number of carboxylic acid groups (broad SMARTS) is 1. The van der Waals surface area contributed by atoms with Gasteiger partial charge >= 0.3 is 5.97 Å². The highest BCUT2D eigenvalue weighted by Crippen LogP contribution is 2.24. The number of aromatic nitrogens is 2. The maximum Gasteiger partial charge on any atom is 0.356 e. The number of ether oxygens (including phenoxy) is 1. The summed E-state index contributed by atoms with van der Waals surface area (Å²) in [6.45, 7) is 4.98. The number of anilines is 1. The molecule has 0 aliphatic carbocycles. The van der Waals surface area contributed by atoms with Crippen LogP contribution in [0.15, 0.2) is 12.4 Å². The molecule has 2 rings (SSSR count). The van der Waals surface area contributed by atoms with Crippen molar-refractivity contribution < 1.29 is 14.6 Å².